The van der Waals surface area contributed by atoms with Crippen molar-refractivity contribution in [3.05, 3.63) is 58.4 Å². The zero-order chi connectivity index (χ0) is 19.2. The van der Waals surface area contributed by atoms with Crippen molar-refractivity contribution in [1.29, 1.82) is 5.26 Å². The summed E-state index contributed by atoms with van der Waals surface area (Å²) in [6.07, 6.45) is 1.79. The highest BCUT2D eigenvalue weighted by atomic mass is 32.1. The molecule has 0 N–H and O–H groups in total. The molecule has 0 bridgehead atoms. The van der Waals surface area contributed by atoms with E-state index in [1.165, 1.54) is 11.3 Å². The van der Waals surface area contributed by atoms with Crippen LogP contribution in [-0.4, -0.2) is 26.3 Å². The maximum Gasteiger partial charge on any atom is 0.161 e. The maximum absolute atomic E-state index is 9.59. The average Bonchev–Trinajstić information content (AvgIpc) is 3.21. The van der Waals surface area contributed by atoms with E-state index in [4.69, 9.17) is 14.2 Å². The van der Waals surface area contributed by atoms with Gasteiger partial charge in [-0.3, -0.25) is 0 Å². The van der Waals surface area contributed by atoms with Crippen LogP contribution in [0.3, 0.4) is 0 Å². The van der Waals surface area contributed by atoms with Crippen molar-refractivity contribution < 1.29 is 14.2 Å². The van der Waals surface area contributed by atoms with Gasteiger partial charge in [0, 0.05) is 10.9 Å². The lowest BCUT2D eigenvalue weighted by Gasteiger charge is -2.07. The molecule has 5 nitrogen and oxygen atoms in total. The fraction of sp³-hybridized carbons (Fsp3) is 0.143. The molecule has 0 atom stereocenters. The number of ether oxygens (including phenoxy) is 3. The van der Waals surface area contributed by atoms with Crippen LogP contribution >= 0.6 is 11.3 Å². The minimum atomic E-state index is 0.493. The second-order valence-electron chi connectivity index (χ2n) is 5.55. The zero-order valence-electron chi connectivity index (χ0n) is 15.2. The Bertz CT molecular complexity index is 1000. The molecule has 0 spiro atoms. The van der Waals surface area contributed by atoms with E-state index in [2.05, 4.69) is 11.1 Å². The van der Waals surface area contributed by atoms with Crippen LogP contribution in [0.4, 0.5) is 0 Å². The van der Waals surface area contributed by atoms with Crippen LogP contribution in [0.2, 0.25) is 0 Å². The Kier molecular flexibility index (Phi) is 5.74. The van der Waals surface area contributed by atoms with Crippen LogP contribution in [0, 0.1) is 11.3 Å². The summed E-state index contributed by atoms with van der Waals surface area (Å²) in [5.41, 5.74) is 3.13. The fourth-order valence-corrected chi connectivity index (χ4v) is 3.34. The Labute approximate surface area is 162 Å². The van der Waals surface area contributed by atoms with Gasteiger partial charge in [0.25, 0.3) is 0 Å². The Morgan fingerprint density at radius 3 is 2.37 bits per heavy atom. The monoisotopic (exact) mass is 378 g/mol. The summed E-state index contributed by atoms with van der Waals surface area (Å²) >= 11 is 1.43. The number of nitriles is 1. The van der Waals surface area contributed by atoms with Gasteiger partial charge in [0.1, 0.15) is 16.8 Å². The normalized spacial score (nSPS) is 11.0. The third kappa shape index (κ3) is 4.10. The predicted octanol–water partition coefficient (Wildman–Crippen LogP) is 4.90. The molecule has 1 aromatic heterocycles. The molecule has 3 aromatic rings. The summed E-state index contributed by atoms with van der Waals surface area (Å²) in [6.45, 7) is 0. The topological polar surface area (TPSA) is 64.4 Å². The van der Waals surface area contributed by atoms with Crippen molar-refractivity contribution in [2.45, 2.75) is 0 Å². The van der Waals surface area contributed by atoms with Gasteiger partial charge in [-0.25, -0.2) is 4.98 Å². The molecule has 0 saturated heterocycles. The molecule has 0 aliphatic carbocycles. The van der Waals surface area contributed by atoms with Crippen LogP contribution in [0.1, 0.15) is 10.6 Å². The van der Waals surface area contributed by atoms with E-state index >= 15 is 0 Å². The van der Waals surface area contributed by atoms with Crippen molar-refractivity contribution in [1.82, 2.24) is 4.98 Å². The van der Waals surface area contributed by atoms with E-state index in [1.807, 2.05) is 47.8 Å². The first kappa shape index (κ1) is 18.5. The summed E-state index contributed by atoms with van der Waals surface area (Å²) in [4.78, 5) is 4.61. The molecule has 6 heteroatoms. The number of hydrogen-bond donors (Lipinski definition) is 0. The first-order chi connectivity index (χ1) is 13.2. The summed E-state index contributed by atoms with van der Waals surface area (Å²) in [5.74, 6) is 2.05. The summed E-state index contributed by atoms with van der Waals surface area (Å²) in [6, 6.07) is 15.4. The number of allylic oxidation sites excluding steroid dienone is 1. The van der Waals surface area contributed by atoms with Crippen LogP contribution in [0.25, 0.3) is 22.9 Å². The Hall–Kier alpha value is -3.30. The van der Waals surface area contributed by atoms with Gasteiger partial charge < -0.3 is 14.2 Å². The smallest absolute Gasteiger partial charge is 0.161 e. The minimum Gasteiger partial charge on any atom is -0.497 e. The molecule has 0 aliphatic rings. The van der Waals surface area contributed by atoms with E-state index in [0.717, 1.165) is 22.6 Å². The van der Waals surface area contributed by atoms with Crippen LogP contribution in [-0.2, 0) is 0 Å². The van der Waals surface area contributed by atoms with E-state index in [0.29, 0.717) is 22.1 Å². The fourth-order valence-electron chi connectivity index (χ4n) is 2.54. The maximum atomic E-state index is 9.59. The van der Waals surface area contributed by atoms with Gasteiger partial charge >= 0.3 is 0 Å². The second kappa shape index (κ2) is 8.39. The SMILES string of the molecule is COc1ccc(-c2csc(/C(C#N)=C/c3ccc(OC)c(OC)c3)n2)cc1. The molecule has 1 heterocycles. The van der Waals surface area contributed by atoms with Gasteiger partial charge in [0.15, 0.2) is 11.5 Å². The molecular formula is C21H18N2O3S. The lowest BCUT2D eigenvalue weighted by atomic mass is 10.1. The van der Waals surface area contributed by atoms with Crippen molar-refractivity contribution in [3.8, 4) is 34.6 Å². The van der Waals surface area contributed by atoms with E-state index in [1.54, 1.807) is 27.4 Å². The molecule has 27 heavy (non-hydrogen) atoms. The predicted molar refractivity (Wildman–Crippen MR) is 107 cm³/mol. The van der Waals surface area contributed by atoms with Crippen molar-refractivity contribution in [2.24, 2.45) is 0 Å². The third-order valence-corrected chi connectivity index (χ3v) is 4.83. The molecule has 0 saturated carbocycles. The summed E-state index contributed by atoms with van der Waals surface area (Å²) < 4.78 is 15.7. The second-order valence-corrected chi connectivity index (χ2v) is 6.41. The van der Waals surface area contributed by atoms with Crippen LogP contribution in [0.5, 0.6) is 17.2 Å². The largest absolute Gasteiger partial charge is 0.497 e. The Morgan fingerprint density at radius 1 is 1.00 bits per heavy atom. The minimum absolute atomic E-state index is 0.493. The first-order valence-electron chi connectivity index (χ1n) is 8.12. The average molecular weight is 378 g/mol. The van der Waals surface area contributed by atoms with E-state index in [9.17, 15) is 5.26 Å². The summed E-state index contributed by atoms with van der Waals surface area (Å²) in [7, 11) is 4.80. The van der Waals surface area contributed by atoms with Gasteiger partial charge in [0.05, 0.1) is 32.6 Å². The van der Waals surface area contributed by atoms with Gasteiger partial charge in [0.2, 0.25) is 0 Å². The number of aromatic nitrogens is 1. The molecule has 0 radical (unpaired) electrons. The molecule has 3 rings (SSSR count). The van der Waals surface area contributed by atoms with E-state index in [-0.39, 0.29) is 0 Å². The highest BCUT2D eigenvalue weighted by molar-refractivity contribution is 7.11. The highest BCUT2D eigenvalue weighted by Gasteiger charge is 2.10. The number of methoxy groups -OCH3 is 3. The lowest BCUT2D eigenvalue weighted by Crippen LogP contribution is -1.91. The molecule has 0 aliphatic heterocycles. The molecule has 136 valence electrons. The highest BCUT2D eigenvalue weighted by Crippen LogP contribution is 2.31. The number of rotatable bonds is 6. The zero-order valence-corrected chi connectivity index (χ0v) is 16.0. The van der Waals surface area contributed by atoms with Gasteiger partial charge in [-0.05, 0) is 48.0 Å². The number of hydrogen-bond acceptors (Lipinski definition) is 6. The van der Waals surface area contributed by atoms with Gasteiger partial charge in [-0.15, -0.1) is 11.3 Å². The number of benzene rings is 2. The molecule has 0 amide bonds. The van der Waals surface area contributed by atoms with Crippen LogP contribution < -0.4 is 14.2 Å². The lowest BCUT2D eigenvalue weighted by molar-refractivity contribution is 0.355. The Balaban J connectivity index is 1.91. The van der Waals surface area contributed by atoms with Crippen LogP contribution in [0.15, 0.2) is 47.8 Å². The van der Waals surface area contributed by atoms with Crippen molar-refractivity contribution in [2.75, 3.05) is 21.3 Å². The number of thiazole rings is 1. The quantitative estimate of drug-likeness (QED) is 0.571. The summed E-state index contributed by atoms with van der Waals surface area (Å²) in [5, 5.41) is 12.2. The van der Waals surface area contributed by atoms with Crippen molar-refractivity contribution in [3.63, 3.8) is 0 Å². The Morgan fingerprint density at radius 2 is 1.74 bits per heavy atom. The molecule has 0 unspecified atom stereocenters. The van der Waals surface area contributed by atoms with Gasteiger partial charge in [-0.1, -0.05) is 6.07 Å². The number of nitrogens with zero attached hydrogens (tertiary/aromatic N) is 2. The molecule has 2 aromatic carbocycles. The molecular weight excluding hydrogens is 360 g/mol. The first-order valence-corrected chi connectivity index (χ1v) is 9.00. The van der Waals surface area contributed by atoms with E-state index < -0.39 is 0 Å². The molecule has 0 fully saturated rings. The van der Waals surface area contributed by atoms with Gasteiger partial charge in [-0.2, -0.15) is 5.26 Å². The standard InChI is InChI=1S/C21H18N2O3S/c1-24-17-7-5-15(6-8-17)18-13-27-21(23-18)16(12-22)10-14-4-9-19(25-2)20(11-14)26-3/h4-11,13H,1-3H3/b16-10+. The third-order valence-electron chi connectivity index (χ3n) is 3.96. The van der Waals surface area contributed by atoms with Crippen molar-refractivity contribution >= 4 is 23.0 Å².